The summed E-state index contributed by atoms with van der Waals surface area (Å²) in [6, 6.07) is 4.31. The van der Waals surface area contributed by atoms with Crippen LogP contribution in [-0.4, -0.2) is 43.6 Å². The highest BCUT2D eigenvalue weighted by molar-refractivity contribution is 14.0. The van der Waals surface area contributed by atoms with Gasteiger partial charge in [0.25, 0.3) is 0 Å². The van der Waals surface area contributed by atoms with Crippen molar-refractivity contribution in [2.45, 2.75) is 40.7 Å². The van der Waals surface area contributed by atoms with E-state index in [-0.39, 0.29) is 24.0 Å². The molecule has 0 fully saturated rings. The molecule has 0 saturated heterocycles. The number of aryl methyl sites for hydroxylation is 1. The number of hydrogen-bond acceptors (Lipinski definition) is 3. The molecule has 1 aromatic rings. The molecule has 0 radical (unpaired) electrons. The van der Waals surface area contributed by atoms with Gasteiger partial charge in [0.05, 0.1) is 6.54 Å². The summed E-state index contributed by atoms with van der Waals surface area (Å²) in [5, 5.41) is 6.73. The molecular formula is C16H31IN4S. The molecule has 4 nitrogen and oxygen atoms in total. The van der Waals surface area contributed by atoms with Crippen LogP contribution >= 0.6 is 35.3 Å². The zero-order valence-electron chi connectivity index (χ0n) is 14.3. The number of nitrogens with zero attached hydrogens (tertiary/aromatic N) is 2. The van der Waals surface area contributed by atoms with Gasteiger partial charge >= 0.3 is 0 Å². The van der Waals surface area contributed by atoms with E-state index < -0.39 is 0 Å². The Hall–Kier alpha value is -0.340. The van der Waals surface area contributed by atoms with Gasteiger partial charge in [0.1, 0.15) is 0 Å². The number of likely N-dealkylation sites (N-methyl/N-ethyl adjacent to an activating group) is 1. The van der Waals surface area contributed by atoms with Crippen molar-refractivity contribution in [1.29, 1.82) is 0 Å². The molecule has 0 aliphatic heterocycles. The Balaban J connectivity index is 0.00000441. The Labute approximate surface area is 156 Å². The normalized spacial score (nSPS) is 11.4. The van der Waals surface area contributed by atoms with E-state index in [2.05, 4.69) is 60.4 Å². The molecule has 0 aromatic carbocycles. The molecule has 0 aliphatic carbocycles. The molecule has 0 amide bonds. The molecule has 0 atom stereocenters. The lowest BCUT2D eigenvalue weighted by Gasteiger charge is -2.20. The first kappa shape index (κ1) is 21.7. The summed E-state index contributed by atoms with van der Waals surface area (Å²) in [6.07, 6.45) is 1.21. The number of thiophene rings is 1. The monoisotopic (exact) mass is 438 g/mol. The van der Waals surface area contributed by atoms with Crippen molar-refractivity contribution in [3.8, 4) is 0 Å². The molecule has 0 saturated carbocycles. The maximum atomic E-state index is 4.65. The third-order valence-corrected chi connectivity index (χ3v) is 4.23. The quantitative estimate of drug-likeness (QED) is 0.353. The van der Waals surface area contributed by atoms with Crippen LogP contribution in [0.15, 0.2) is 17.1 Å². The van der Waals surface area contributed by atoms with Crippen LogP contribution in [0.4, 0.5) is 0 Å². The van der Waals surface area contributed by atoms with E-state index in [1.54, 1.807) is 0 Å². The third kappa shape index (κ3) is 8.95. The second kappa shape index (κ2) is 13.1. The van der Waals surface area contributed by atoms with Gasteiger partial charge in [0.15, 0.2) is 5.96 Å². The predicted octanol–water partition coefficient (Wildman–Crippen LogP) is 3.46. The van der Waals surface area contributed by atoms with Gasteiger partial charge in [-0.3, -0.25) is 0 Å². The molecule has 1 aromatic heterocycles. The molecule has 22 heavy (non-hydrogen) atoms. The van der Waals surface area contributed by atoms with Gasteiger partial charge < -0.3 is 15.5 Å². The van der Waals surface area contributed by atoms with Crippen LogP contribution in [0.3, 0.4) is 0 Å². The van der Waals surface area contributed by atoms with Gasteiger partial charge in [-0.15, -0.1) is 35.3 Å². The molecule has 2 N–H and O–H groups in total. The first-order valence-electron chi connectivity index (χ1n) is 7.99. The molecular weight excluding hydrogens is 407 g/mol. The fraction of sp³-hybridized carbons (Fsp3) is 0.688. The largest absolute Gasteiger partial charge is 0.357 e. The van der Waals surface area contributed by atoms with Crippen LogP contribution in [0.25, 0.3) is 0 Å². The van der Waals surface area contributed by atoms with Gasteiger partial charge in [-0.2, -0.15) is 0 Å². The van der Waals surface area contributed by atoms with E-state index in [1.807, 2.05) is 11.3 Å². The summed E-state index contributed by atoms with van der Waals surface area (Å²) in [4.78, 5) is 9.76. The summed E-state index contributed by atoms with van der Waals surface area (Å²) >= 11 is 1.82. The fourth-order valence-electron chi connectivity index (χ4n) is 2.15. The summed E-state index contributed by atoms with van der Waals surface area (Å²) in [5.74, 6) is 0.913. The number of aliphatic imine (C=N–C) groups is 1. The number of hydrogen-bond donors (Lipinski definition) is 2. The highest BCUT2D eigenvalue weighted by Gasteiger charge is 2.02. The Bertz CT molecular complexity index is 420. The molecule has 0 unspecified atom stereocenters. The number of halogens is 1. The van der Waals surface area contributed by atoms with Crippen LogP contribution in [0, 0.1) is 6.92 Å². The Morgan fingerprint density at radius 2 is 1.95 bits per heavy atom. The average molecular weight is 438 g/mol. The van der Waals surface area contributed by atoms with Crippen molar-refractivity contribution in [2.75, 3.05) is 32.7 Å². The van der Waals surface area contributed by atoms with Crippen molar-refractivity contribution >= 4 is 41.3 Å². The summed E-state index contributed by atoms with van der Waals surface area (Å²) in [7, 11) is 0. The molecule has 1 rings (SSSR count). The number of guanidine groups is 1. The second-order valence-corrected chi connectivity index (χ2v) is 6.44. The van der Waals surface area contributed by atoms with Gasteiger partial charge in [-0.25, -0.2) is 4.99 Å². The molecule has 1 heterocycles. The van der Waals surface area contributed by atoms with E-state index in [1.165, 1.54) is 22.7 Å². The van der Waals surface area contributed by atoms with Crippen LogP contribution in [0.1, 0.15) is 36.9 Å². The maximum Gasteiger partial charge on any atom is 0.191 e. The first-order valence-corrected chi connectivity index (χ1v) is 8.81. The van der Waals surface area contributed by atoms with Gasteiger partial charge in [0, 0.05) is 29.4 Å². The average Bonchev–Trinajstić information content (AvgIpc) is 2.89. The maximum absolute atomic E-state index is 4.65. The highest BCUT2D eigenvalue weighted by atomic mass is 127. The predicted molar refractivity (Wildman–Crippen MR) is 110 cm³/mol. The SMILES string of the molecule is CCCN(CC)CCNC(=NCc1ccc(C)s1)NCC.I. The molecule has 0 spiro atoms. The smallest absolute Gasteiger partial charge is 0.191 e. The lowest BCUT2D eigenvalue weighted by molar-refractivity contribution is 0.293. The summed E-state index contributed by atoms with van der Waals surface area (Å²) in [6.45, 7) is 14.6. The standard InChI is InChI=1S/C16H30N4S.HI/c1-5-11-20(7-3)12-10-18-16(17-6-2)19-13-15-9-8-14(4)21-15;/h8-9H,5-7,10-13H2,1-4H3,(H2,17,18,19);1H. The van der Waals surface area contributed by atoms with Crippen LogP contribution in [0.2, 0.25) is 0 Å². The van der Waals surface area contributed by atoms with E-state index in [0.717, 1.165) is 38.7 Å². The summed E-state index contributed by atoms with van der Waals surface area (Å²) in [5.41, 5.74) is 0. The fourth-order valence-corrected chi connectivity index (χ4v) is 2.96. The van der Waals surface area contributed by atoms with E-state index in [0.29, 0.717) is 0 Å². The van der Waals surface area contributed by atoms with E-state index in [4.69, 9.17) is 0 Å². The molecule has 0 aliphatic rings. The first-order chi connectivity index (χ1) is 10.2. The minimum Gasteiger partial charge on any atom is -0.357 e. The van der Waals surface area contributed by atoms with E-state index in [9.17, 15) is 0 Å². The summed E-state index contributed by atoms with van der Waals surface area (Å²) < 4.78 is 0. The third-order valence-electron chi connectivity index (χ3n) is 3.24. The Kier molecular flexibility index (Phi) is 12.9. The number of rotatable bonds is 9. The van der Waals surface area contributed by atoms with Crippen LogP contribution in [0.5, 0.6) is 0 Å². The zero-order valence-corrected chi connectivity index (χ0v) is 17.5. The Morgan fingerprint density at radius 1 is 1.18 bits per heavy atom. The molecule has 128 valence electrons. The van der Waals surface area contributed by atoms with Crippen LogP contribution < -0.4 is 10.6 Å². The van der Waals surface area contributed by atoms with Crippen molar-refractivity contribution in [3.05, 3.63) is 21.9 Å². The van der Waals surface area contributed by atoms with Crippen molar-refractivity contribution in [3.63, 3.8) is 0 Å². The lowest BCUT2D eigenvalue weighted by atomic mass is 10.4. The van der Waals surface area contributed by atoms with Crippen molar-refractivity contribution in [2.24, 2.45) is 4.99 Å². The van der Waals surface area contributed by atoms with Crippen molar-refractivity contribution < 1.29 is 0 Å². The van der Waals surface area contributed by atoms with Gasteiger partial charge in [0.2, 0.25) is 0 Å². The minimum absolute atomic E-state index is 0. The number of nitrogens with one attached hydrogen (secondary N) is 2. The van der Waals surface area contributed by atoms with Crippen molar-refractivity contribution in [1.82, 2.24) is 15.5 Å². The highest BCUT2D eigenvalue weighted by Crippen LogP contribution is 2.15. The molecule has 0 bridgehead atoms. The lowest BCUT2D eigenvalue weighted by Crippen LogP contribution is -2.41. The van der Waals surface area contributed by atoms with Gasteiger partial charge in [-0.05, 0) is 45.5 Å². The minimum atomic E-state index is 0. The second-order valence-electron chi connectivity index (χ2n) is 5.07. The topological polar surface area (TPSA) is 39.7 Å². The molecule has 6 heteroatoms. The Morgan fingerprint density at radius 3 is 2.50 bits per heavy atom. The van der Waals surface area contributed by atoms with Crippen LogP contribution in [-0.2, 0) is 6.54 Å². The zero-order chi connectivity index (χ0) is 15.5. The van der Waals surface area contributed by atoms with E-state index >= 15 is 0 Å². The van der Waals surface area contributed by atoms with Gasteiger partial charge in [-0.1, -0.05) is 13.8 Å².